The quantitative estimate of drug-likeness (QED) is 0.651. The normalized spacial score (nSPS) is 10.4. The van der Waals surface area contributed by atoms with Crippen LogP contribution in [0.25, 0.3) is 0 Å². The van der Waals surface area contributed by atoms with E-state index in [9.17, 15) is 4.79 Å². The van der Waals surface area contributed by atoms with Crippen molar-refractivity contribution < 1.29 is 9.53 Å². The van der Waals surface area contributed by atoms with Crippen LogP contribution >= 0.6 is 39.3 Å². The summed E-state index contributed by atoms with van der Waals surface area (Å²) in [7, 11) is 1.38. The van der Waals surface area contributed by atoms with Crippen LogP contribution in [0.3, 0.4) is 0 Å². The molecule has 0 amide bonds. The summed E-state index contributed by atoms with van der Waals surface area (Å²) in [5.41, 5.74) is 2.95. The van der Waals surface area contributed by atoms with Crippen molar-refractivity contribution in [3.63, 3.8) is 0 Å². The van der Waals surface area contributed by atoms with Gasteiger partial charge in [0.2, 0.25) is 0 Å². The molecule has 0 aliphatic heterocycles. The minimum atomic E-state index is -0.323. The number of hydrogen-bond donors (Lipinski definition) is 0. The molecule has 0 aromatic heterocycles. The molecular formula is C16H14BrClO2S. The number of halogens is 2. The van der Waals surface area contributed by atoms with Gasteiger partial charge in [0.05, 0.1) is 12.7 Å². The third-order valence-electron chi connectivity index (χ3n) is 2.91. The molecule has 0 atom stereocenters. The van der Waals surface area contributed by atoms with Crippen LogP contribution in [0, 0.1) is 0 Å². The van der Waals surface area contributed by atoms with Crippen molar-refractivity contribution in [2.45, 2.75) is 11.5 Å². The molecule has 0 aliphatic rings. The first-order valence-corrected chi connectivity index (χ1v) is 8.61. The average molecular weight is 386 g/mol. The van der Waals surface area contributed by atoms with E-state index in [4.69, 9.17) is 16.3 Å². The molecule has 2 aromatic carbocycles. The first-order valence-electron chi connectivity index (χ1n) is 6.29. The molecule has 2 nitrogen and oxygen atoms in total. The lowest BCUT2D eigenvalue weighted by molar-refractivity contribution is 0.0600. The molecule has 5 heteroatoms. The number of ether oxygens (including phenoxy) is 1. The maximum atomic E-state index is 11.4. The van der Waals surface area contributed by atoms with Gasteiger partial charge >= 0.3 is 5.97 Å². The van der Waals surface area contributed by atoms with Gasteiger partial charge in [-0.05, 0) is 35.4 Å². The molecule has 0 saturated heterocycles. The molecule has 0 radical (unpaired) electrons. The van der Waals surface area contributed by atoms with E-state index in [-0.39, 0.29) is 5.97 Å². The van der Waals surface area contributed by atoms with Crippen molar-refractivity contribution in [3.8, 4) is 0 Å². The zero-order chi connectivity index (χ0) is 15.2. The SMILES string of the molecule is COC(=O)c1ccc(CSCc2ccc(Cl)cc2)c(Br)c1. The van der Waals surface area contributed by atoms with E-state index in [2.05, 4.69) is 15.9 Å². The number of methoxy groups -OCH3 is 1. The monoisotopic (exact) mass is 384 g/mol. The van der Waals surface area contributed by atoms with Crippen LogP contribution in [-0.4, -0.2) is 13.1 Å². The van der Waals surface area contributed by atoms with Crippen LogP contribution in [-0.2, 0) is 16.2 Å². The van der Waals surface area contributed by atoms with E-state index in [1.54, 1.807) is 12.1 Å². The number of carbonyl (C=O) groups is 1. The Morgan fingerprint density at radius 3 is 2.52 bits per heavy atom. The van der Waals surface area contributed by atoms with Gasteiger partial charge in [0.25, 0.3) is 0 Å². The molecule has 0 N–H and O–H groups in total. The first-order chi connectivity index (χ1) is 10.1. The number of thioether (sulfide) groups is 1. The van der Waals surface area contributed by atoms with E-state index in [1.165, 1.54) is 12.7 Å². The molecule has 21 heavy (non-hydrogen) atoms. The van der Waals surface area contributed by atoms with Crippen LogP contribution in [0.15, 0.2) is 46.9 Å². The Bertz CT molecular complexity index is 629. The van der Waals surface area contributed by atoms with E-state index in [0.29, 0.717) is 5.56 Å². The third-order valence-corrected chi connectivity index (χ3v) is 4.96. The van der Waals surface area contributed by atoms with Crippen LogP contribution in [0.4, 0.5) is 0 Å². The highest BCUT2D eigenvalue weighted by molar-refractivity contribution is 9.10. The van der Waals surface area contributed by atoms with E-state index in [0.717, 1.165) is 26.6 Å². The van der Waals surface area contributed by atoms with Gasteiger partial charge in [-0.2, -0.15) is 11.8 Å². The summed E-state index contributed by atoms with van der Waals surface area (Å²) in [5.74, 6) is 1.46. The second-order valence-electron chi connectivity index (χ2n) is 4.42. The molecule has 0 saturated carbocycles. The van der Waals surface area contributed by atoms with Crippen molar-refractivity contribution in [2.75, 3.05) is 7.11 Å². The van der Waals surface area contributed by atoms with Gasteiger partial charge in [0.1, 0.15) is 0 Å². The van der Waals surface area contributed by atoms with Crippen molar-refractivity contribution >= 4 is 45.3 Å². The predicted octanol–water partition coefficient (Wildman–Crippen LogP) is 5.32. The maximum absolute atomic E-state index is 11.4. The van der Waals surface area contributed by atoms with Gasteiger partial charge in [0.15, 0.2) is 0 Å². The Morgan fingerprint density at radius 1 is 1.19 bits per heavy atom. The van der Waals surface area contributed by atoms with Crippen molar-refractivity contribution in [1.82, 2.24) is 0 Å². The Kier molecular flexibility index (Phi) is 6.15. The van der Waals surface area contributed by atoms with Crippen molar-refractivity contribution in [1.29, 1.82) is 0 Å². The largest absolute Gasteiger partial charge is 0.465 e. The second kappa shape index (κ2) is 7.87. The number of esters is 1. The minimum Gasteiger partial charge on any atom is -0.465 e. The summed E-state index contributed by atoms with van der Waals surface area (Å²) >= 11 is 11.2. The van der Waals surface area contributed by atoms with Crippen LogP contribution in [0.2, 0.25) is 5.02 Å². The summed E-state index contributed by atoms with van der Waals surface area (Å²) in [6.45, 7) is 0. The molecule has 0 fully saturated rings. The van der Waals surface area contributed by atoms with Crippen molar-refractivity contribution in [2.24, 2.45) is 0 Å². The second-order valence-corrected chi connectivity index (χ2v) is 6.69. The third kappa shape index (κ3) is 4.77. The molecule has 0 heterocycles. The lowest BCUT2D eigenvalue weighted by Crippen LogP contribution is -2.01. The molecule has 0 unspecified atom stereocenters. The van der Waals surface area contributed by atoms with Gasteiger partial charge in [-0.1, -0.05) is 45.7 Å². The molecule has 0 bridgehead atoms. The van der Waals surface area contributed by atoms with E-state index >= 15 is 0 Å². The average Bonchev–Trinajstić information content (AvgIpc) is 2.50. The number of hydrogen-bond acceptors (Lipinski definition) is 3. The maximum Gasteiger partial charge on any atom is 0.337 e. The standard InChI is InChI=1S/C16H14BrClO2S/c1-20-16(19)12-4-5-13(15(17)8-12)10-21-9-11-2-6-14(18)7-3-11/h2-8H,9-10H2,1H3. The van der Waals surface area contributed by atoms with Gasteiger partial charge in [-0.25, -0.2) is 4.79 Å². The Balaban J connectivity index is 1.94. The zero-order valence-corrected chi connectivity index (χ0v) is 14.6. The topological polar surface area (TPSA) is 26.3 Å². The smallest absolute Gasteiger partial charge is 0.337 e. The fourth-order valence-corrected chi connectivity index (χ4v) is 3.60. The highest BCUT2D eigenvalue weighted by Crippen LogP contribution is 2.25. The summed E-state index contributed by atoms with van der Waals surface area (Å²) in [6, 6.07) is 13.4. The Labute approximate surface area is 142 Å². The van der Waals surface area contributed by atoms with Gasteiger partial charge in [0, 0.05) is 21.0 Å². The van der Waals surface area contributed by atoms with Crippen LogP contribution in [0.1, 0.15) is 21.5 Å². The summed E-state index contributed by atoms with van der Waals surface area (Å²) in [4.78, 5) is 11.4. The van der Waals surface area contributed by atoms with Crippen LogP contribution < -0.4 is 0 Å². The van der Waals surface area contributed by atoms with Gasteiger partial charge in [-0.15, -0.1) is 0 Å². The fraction of sp³-hybridized carbons (Fsp3) is 0.188. The van der Waals surface area contributed by atoms with Crippen molar-refractivity contribution in [3.05, 3.63) is 68.7 Å². The molecule has 2 rings (SSSR count). The highest BCUT2D eigenvalue weighted by atomic mass is 79.9. The summed E-state index contributed by atoms with van der Waals surface area (Å²) in [6.07, 6.45) is 0. The molecule has 0 aliphatic carbocycles. The highest BCUT2D eigenvalue weighted by Gasteiger charge is 2.08. The van der Waals surface area contributed by atoms with E-state index < -0.39 is 0 Å². The first kappa shape index (κ1) is 16.4. The number of benzene rings is 2. The fourth-order valence-electron chi connectivity index (χ4n) is 1.77. The van der Waals surface area contributed by atoms with Gasteiger partial charge < -0.3 is 4.74 Å². The molecule has 2 aromatic rings. The Morgan fingerprint density at radius 2 is 1.90 bits per heavy atom. The summed E-state index contributed by atoms with van der Waals surface area (Å²) < 4.78 is 5.63. The van der Waals surface area contributed by atoms with Gasteiger partial charge in [-0.3, -0.25) is 0 Å². The van der Waals surface area contributed by atoms with E-state index in [1.807, 2.05) is 42.1 Å². The number of carbonyl (C=O) groups excluding carboxylic acids is 1. The predicted molar refractivity (Wildman–Crippen MR) is 91.9 cm³/mol. The Hall–Kier alpha value is -0.970. The molecular weight excluding hydrogens is 372 g/mol. The lowest BCUT2D eigenvalue weighted by Gasteiger charge is -2.07. The summed E-state index contributed by atoms with van der Waals surface area (Å²) in [5, 5.41) is 0.755. The minimum absolute atomic E-state index is 0.323. The lowest BCUT2D eigenvalue weighted by atomic mass is 10.1. The molecule has 0 spiro atoms. The van der Waals surface area contributed by atoms with Crippen LogP contribution in [0.5, 0.6) is 0 Å². The zero-order valence-electron chi connectivity index (χ0n) is 11.4. The number of rotatable bonds is 5. The molecule has 110 valence electrons.